The molecule has 0 saturated carbocycles. The van der Waals surface area contributed by atoms with Gasteiger partial charge in [-0.05, 0) is 23.8 Å². The predicted molar refractivity (Wildman–Crippen MR) is 113 cm³/mol. The van der Waals surface area contributed by atoms with Gasteiger partial charge >= 0.3 is 0 Å². The second-order valence-corrected chi connectivity index (χ2v) is 7.09. The monoisotopic (exact) mass is 454 g/mol. The zero-order valence-electron chi connectivity index (χ0n) is 16.9. The van der Waals surface area contributed by atoms with E-state index in [2.05, 4.69) is 15.4 Å². The van der Waals surface area contributed by atoms with E-state index in [1.807, 2.05) is 0 Å². The molecule has 10 nitrogen and oxygen atoms in total. The van der Waals surface area contributed by atoms with Gasteiger partial charge in [0.25, 0.3) is 17.2 Å². The number of carbonyl (C=O) groups excluding carboxylic acids is 1. The fourth-order valence-electron chi connectivity index (χ4n) is 3.25. The summed E-state index contributed by atoms with van der Waals surface area (Å²) in [5.74, 6) is -2.75. The Hall–Kier alpha value is -4.48. The fraction of sp³-hybridized carbons (Fsp3) is 0.143. The third-order valence-electron chi connectivity index (χ3n) is 4.89. The Morgan fingerprint density at radius 2 is 1.97 bits per heavy atom. The van der Waals surface area contributed by atoms with Crippen LogP contribution in [-0.2, 0) is 13.1 Å². The molecule has 0 fully saturated rings. The lowest BCUT2D eigenvalue weighted by Crippen LogP contribution is -2.28. The summed E-state index contributed by atoms with van der Waals surface area (Å²) in [6.45, 7) is 0.381. The fourth-order valence-corrected chi connectivity index (χ4v) is 3.25. The van der Waals surface area contributed by atoms with E-state index < -0.39 is 22.5 Å². The zero-order chi connectivity index (χ0) is 23.5. The van der Waals surface area contributed by atoms with Crippen LogP contribution in [0.25, 0.3) is 11.0 Å². The highest BCUT2D eigenvalue weighted by molar-refractivity contribution is 5.94. The van der Waals surface area contributed by atoms with Gasteiger partial charge in [0.1, 0.15) is 11.7 Å². The van der Waals surface area contributed by atoms with E-state index in [1.54, 1.807) is 6.07 Å². The maximum atomic E-state index is 13.3. The summed E-state index contributed by atoms with van der Waals surface area (Å²) in [4.78, 5) is 39.6. The van der Waals surface area contributed by atoms with Crippen molar-refractivity contribution in [1.29, 1.82) is 0 Å². The molecule has 1 amide bonds. The maximum Gasteiger partial charge on any atom is 0.269 e. The van der Waals surface area contributed by atoms with E-state index >= 15 is 0 Å². The average Bonchev–Trinajstić information content (AvgIpc) is 3.21. The Morgan fingerprint density at radius 1 is 1.15 bits per heavy atom. The molecule has 1 N–H and O–H groups in total. The van der Waals surface area contributed by atoms with E-state index in [-0.39, 0.29) is 41.8 Å². The molecule has 0 radical (unpaired) electrons. The molecule has 0 spiro atoms. The highest BCUT2D eigenvalue weighted by Gasteiger charge is 2.13. The van der Waals surface area contributed by atoms with Gasteiger partial charge in [-0.25, -0.2) is 18.4 Å². The van der Waals surface area contributed by atoms with Crippen molar-refractivity contribution in [3.05, 3.63) is 98.2 Å². The standard InChI is InChI=1S/C21H16F2N6O4/c22-17-5-4-14(9-18(17)23)20(30)24-6-7-28-19-16(10-26-28)21(31)27(12-25-19)11-13-2-1-3-15(8-13)29(32)33/h1-5,8-10,12H,6-7,11H2,(H,24,30). The Balaban J connectivity index is 1.46. The van der Waals surface area contributed by atoms with Crippen molar-refractivity contribution in [3.63, 3.8) is 0 Å². The molecule has 12 heteroatoms. The summed E-state index contributed by atoms with van der Waals surface area (Å²) < 4.78 is 29.0. The topological polar surface area (TPSA) is 125 Å². The second kappa shape index (κ2) is 8.94. The number of nitro groups is 1. The average molecular weight is 454 g/mol. The predicted octanol–water partition coefficient (Wildman–Crippen LogP) is 2.26. The van der Waals surface area contributed by atoms with Crippen molar-refractivity contribution in [2.75, 3.05) is 6.54 Å². The highest BCUT2D eigenvalue weighted by Crippen LogP contribution is 2.14. The van der Waals surface area contributed by atoms with Crippen LogP contribution in [0.3, 0.4) is 0 Å². The SMILES string of the molecule is O=C(NCCn1ncc2c(=O)n(Cc3cccc([N+](=O)[O-])c3)cnc21)c1ccc(F)c(F)c1. The minimum absolute atomic E-state index is 0.0265. The summed E-state index contributed by atoms with van der Waals surface area (Å²) in [6.07, 6.45) is 2.67. The molecular formula is C21H16F2N6O4. The van der Waals surface area contributed by atoms with Gasteiger partial charge < -0.3 is 5.32 Å². The molecule has 4 rings (SSSR count). The largest absolute Gasteiger partial charge is 0.350 e. The van der Waals surface area contributed by atoms with Crippen LogP contribution in [0.5, 0.6) is 0 Å². The number of benzene rings is 2. The number of nitro benzene ring substituents is 1. The van der Waals surface area contributed by atoms with E-state index in [1.165, 1.54) is 46.0 Å². The van der Waals surface area contributed by atoms with E-state index in [4.69, 9.17) is 0 Å². The number of amides is 1. The Bertz CT molecular complexity index is 1430. The minimum atomic E-state index is -1.12. The van der Waals surface area contributed by atoms with E-state index in [0.29, 0.717) is 11.2 Å². The van der Waals surface area contributed by atoms with Crippen LogP contribution in [-0.4, -0.2) is 36.7 Å². The van der Waals surface area contributed by atoms with Crippen molar-refractivity contribution in [2.45, 2.75) is 13.1 Å². The molecule has 0 bridgehead atoms. The molecule has 0 aliphatic rings. The van der Waals surface area contributed by atoms with Crippen LogP contribution in [0.4, 0.5) is 14.5 Å². The summed E-state index contributed by atoms with van der Waals surface area (Å²) >= 11 is 0. The molecule has 168 valence electrons. The first-order valence-electron chi connectivity index (χ1n) is 9.71. The van der Waals surface area contributed by atoms with Crippen molar-refractivity contribution in [2.24, 2.45) is 0 Å². The number of hydrogen-bond donors (Lipinski definition) is 1. The lowest BCUT2D eigenvalue weighted by Gasteiger charge is -2.08. The number of rotatable bonds is 7. The van der Waals surface area contributed by atoms with Crippen molar-refractivity contribution in [3.8, 4) is 0 Å². The lowest BCUT2D eigenvalue weighted by molar-refractivity contribution is -0.384. The number of nitrogens with one attached hydrogen (secondary N) is 1. The van der Waals surface area contributed by atoms with E-state index in [9.17, 15) is 28.5 Å². The van der Waals surface area contributed by atoms with Crippen LogP contribution in [0.1, 0.15) is 15.9 Å². The lowest BCUT2D eigenvalue weighted by atomic mass is 10.2. The van der Waals surface area contributed by atoms with Gasteiger partial charge in [-0.2, -0.15) is 5.10 Å². The summed E-state index contributed by atoms with van der Waals surface area (Å²) in [7, 11) is 0. The molecule has 0 saturated heterocycles. The number of nitrogens with zero attached hydrogens (tertiary/aromatic N) is 5. The summed E-state index contributed by atoms with van der Waals surface area (Å²) in [5, 5.41) is 17.9. The molecule has 33 heavy (non-hydrogen) atoms. The smallest absolute Gasteiger partial charge is 0.269 e. The van der Waals surface area contributed by atoms with Crippen LogP contribution < -0.4 is 10.9 Å². The van der Waals surface area contributed by atoms with Gasteiger partial charge in [0.2, 0.25) is 0 Å². The number of carbonyl (C=O) groups is 1. The van der Waals surface area contributed by atoms with Crippen LogP contribution in [0.2, 0.25) is 0 Å². The maximum absolute atomic E-state index is 13.3. The Kier molecular flexibility index (Phi) is 5.89. The molecule has 2 aromatic heterocycles. The number of fused-ring (bicyclic) bond motifs is 1. The molecule has 2 heterocycles. The molecule has 0 aliphatic heterocycles. The first-order valence-corrected chi connectivity index (χ1v) is 9.71. The van der Waals surface area contributed by atoms with Gasteiger partial charge in [0.15, 0.2) is 17.3 Å². The van der Waals surface area contributed by atoms with Crippen molar-refractivity contribution < 1.29 is 18.5 Å². The first-order chi connectivity index (χ1) is 15.8. The summed E-state index contributed by atoms with van der Waals surface area (Å²) in [6, 6.07) is 8.80. The third kappa shape index (κ3) is 4.59. The van der Waals surface area contributed by atoms with Crippen molar-refractivity contribution in [1.82, 2.24) is 24.6 Å². The molecule has 4 aromatic rings. The van der Waals surface area contributed by atoms with E-state index in [0.717, 1.165) is 12.1 Å². The van der Waals surface area contributed by atoms with Crippen LogP contribution in [0, 0.1) is 21.7 Å². The summed E-state index contributed by atoms with van der Waals surface area (Å²) in [5.41, 5.74) is 0.398. The minimum Gasteiger partial charge on any atom is -0.350 e. The third-order valence-corrected chi connectivity index (χ3v) is 4.89. The molecular weight excluding hydrogens is 438 g/mol. The normalized spacial score (nSPS) is 11.0. The Morgan fingerprint density at radius 3 is 2.73 bits per heavy atom. The van der Waals surface area contributed by atoms with Crippen LogP contribution in [0.15, 0.2) is 59.8 Å². The Labute approximate surface area is 184 Å². The molecule has 0 atom stereocenters. The van der Waals surface area contributed by atoms with Gasteiger partial charge in [0.05, 0.1) is 24.2 Å². The molecule has 0 unspecified atom stereocenters. The number of aromatic nitrogens is 4. The number of hydrogen-bond acceptors (Lipinski definition) is 6. The molecule has 2 aromatic carbocycles. The molecule has 0 aliphatic carbocycles. The van der Waals surface area contributed by atoms with Gasteiger partial charge in [0, 0.05) is 24.2 Å². The highest BCUT2D eigenvalue weighted by atomic mass is 19.2. The van der Waals surface area contributed by atoms with Gasteiger partial charge in [-0.1, -0.05) is 12.1 Å². The van der Waals surface area contributed by atoms with Gasteiger partial charge in [-0.15, -0.1) is 0 Å². The quantitative estimate of drug-likeness (QED) is 0.337. The zero-order valence-corrected chi connectivity index (χ0v) is 16.9. The van der Waals surface area contributed by atoms with Crippen molar-refractivity contribution >= 4 is 22.6 Å². The number of non-ortho nitro benzene ring substituents is 1. The van der Waals surface area contributed by atoms with Gasteiger partial charge in [-0.3, -0.25) is 24.3 Å². The first kappa shape index (κ1) is 21.7. The van der Waals surface area contributed by atoms with Crippen LogP contribution >= 0.6 is 0 Å². The number of halogens is 2. The second-order valence-electron chi connectivity index (χ2n) is 7.09.